The van der Waals surface area contributed by atoms with Gasteiger partial charge < -0.3 is 14.0 Å². The first kappa shape index (κ1) is 15.3. The van der Waals surface area contributed by atoms with Crippen molar-refractivity contribution in [2.75, 3.05) is 14.2 Å². The zero-order chi connectivity index (χ0) is 16.4. The maximum absolute atomic E-state index is 12.4. The first-order chi connectivity index (χ1) is 11.2. The van der Waals surface area contributed by atoms with E-state index in [1.54, 1.807) is 12.4 Å². The van der Waals surface area contributed by atoms with Crippen LogP contribution in [-0.2, 0) is 22.4 Å². The van der Waals surface area contributed by atoms with Crippen LogP contribution in [0.2, 0.25) is 0 Å². The van der Waals surface area contributed by atoms with E-state index in [0.717, 1.165) is 37.1 Å². The Kier molecular flexibility index (Phi) is 4.14. The van der Waals surface area contributed by atoms with Crippen molar-refractivity contribution in [3.05, 3.63) is 41.3 Å². The summed E-state index contributed by atoms with van der Waals surface area (Å²) in [6, 6.07) is 3.65. The predicted molar refractivity (Wildman–Crippen MR) is 83.3 cm³/mol. The summed E-state index contributed by atoms with van der Waals surface area (Å²) >= 11 is 0. The molecular weight excluding hydrogens is 296 g/mol. The second kappa shape index (κ2) is 6.24. The van der Waals surface area contributed by atoms with E-state index in [0.29, 0.717) is 11.3 Å². The van der Waals surface area contributed by atoms with E-state index in [9.17, 15) is 9.59 Å². The summed E-state index contributed by atoms with van der Waals surface area (Å²) in [6.45, 7) is 0.758. The highest BCUT2D eigenvalue weighted by molar-refractivity contribution is 6.08. The summed E-state index contributed by atoms with van der Waals surface area (Å²) in [5.41, 5.74) is 2.98. The summed E-state index contributed by atoms with van der Waals surface area (Å²) < 4.78 is 11.9. The molecule has 1 aliphatic heterocycles. The van der Waals surface area contributed by atoms with Gasteiger partial charge in [-0.2, -0.15) is 0 Å². The summed E-state index contributed by atoms with van der Waals surface area (Å²) in [6.07, 6.45) is 6.04. The van der Waals surface area contributed by atoms with Gasteiger partial charge in [0.15, 0.2) is 0 Å². The van der Waals surface area contributed by atoms with Gasteiger partial charge in [-0.15, -0.1) is 0 Å². The highest BCUT2D eigenvalue weighted by Gasteiger charge is 2.33. The Bertz CT molecular complexity index is 750. The van der Waals surface area contributed by atoms with Gasteiger partial charge in [-0.3, -0.25) is 4.98 Å². The number of fused-ring (bicyclic) bond motifs is 1. The largest absolute Gasteiger partial charge is 0.465 e. The number of hydrogen-bond donors (Lipinski definition) is 0. The highest BCUT2D eigenvalue weighted by atomic mass is 16.5. The van der Waals surface area contributed by atoms with Gasteiger partial charge in [-0.05, 0) is 31.4 Å². The Morgan fingerprint density at radius 1 is 1.04 bits per heavy atom. The molecule has 0 saturated heterocycles. The lowest BCUT2D eigenvalue weighted by atomic mass is 10.0. The summed E-state index contributed by atoms with van der Waals surface area (Å²) in [7, 11) is 2.64. The van der Waals surface area contributed by atoms with Gasteiger partial charge in [0.05, 0.1) is 25.5 Å². The van der Waals surface area contributed by atoms with Gasteiger partial charge in [0.1, 0.15) is 5.56 Å². The first-order valence-corrected chi connectivity index (χ1v) is 7.51. The minimum atomic E-state index is -0.529. The van der Waals surface area contributed by atoms with E-state index in [1.165, 1.54) is 14.2 Å². The van der Waals surface area contributed by atoms with Crippen LogP contribution in [0, 0.1) is 0 Å². The second-order valence-electron chi connectivity index (χ2n) is 5.37. The Morgan fingerprint density at radius 3 is 2.35 bits per heavy atom. The minimum absolute atomic E-state index is 0.280. The Balaban J connectivity index is 2.35. The Labute approximate surface area is 134 Å². The molecule has 0 radical (unpaired) electrons. The SMILES string of the molecule is COC(=O)c1c(C(=O)OC)c(-c2ccncc2)n2c1CCCC2. The fraction of sp³-hybridized carbons (Fsp3) is 0.353. The van der Waals surface area contributed by atoms with Gasteiger partial charge >= 0.3 is 11.9 Å². The van der Waals surface area contributed by atoms with Crippen LogP contribution in [0.4, 0.5) is 0 Å². The highest BCUT2D eigenvalue weighted by Crippen LogP contribution is 2.36. The molecule has 3 rings (SSSR count). The summed E-state index contributed by atoms with van der Waals surface area (Å²) in [5.74, 6) is -1.03. The van der Waals surface area contributed by atoms with Crippen molar-refractivity contribution in [1.82, 2.24) is 9.55 Å². The van der Waals surface area contributed by atoms with Crippen molar-refractivity contribution < 1.29 is 19.1 Å². The molecule has 0 bridgehead atoms. The fourth-order valence-corrected chi connectivity index (χ4v) is 3.17. The number of pyridine rings is 1. The maximum Gasteiger partial charge on any atom is 0.340 e. The minimum Gasteiger partial charge on any atom is -0.465 e. The van der Waals surface area contributed by atoms with Crippen molar-refractivity contribution in [1.29, 1.82) is 0 Å². The molecule has 2 aromatic rings. The number of hydrogen-bond acceptors (Lipinski definition) is 5. The van der Waals surface area contributed by atoms with Gasteiger partial charge in [0, 0.05) is 30.2 Å². The van der Waals surface area contributed by atoms with Gasteiger partial charge in [0.25, 0.3) is 0 Å². The lowest BCUT2D eigenvalue weighted by Gasteiger charge is -2.18. The number of methoxy groups -OCH3 is 2. The van der Waals surface area contributed by atoms with Crippen LogP contribution < -0.4 is 0 Å². The van der Waals surface area contributed by atoms with Crippen LogP contribution in [0.3, 0.4) is 0 Å². The molecule has 0 fully saturated rings. The molecule has 1 aliphatic rings. The Morgan fingerprint density at radius 2 is 1.70 bits per heavy atom. The molecular formula is C17H18N2O4. The molecule has 6 heteroatoms. The molecule has 0 aliphatic carbocycles. The molecule has 23 heavy (non-hydrogen) atoms. The lowest BCUT2D eigenvalue weighted by Crippen LogP contribution is -2.14. The molecule has 0 spiro atoms. The molecule has 6 nitrogen and oxygen atoms in total. The molecule has 0 amide bonds. The third-order valence-corrected chi connectivity index (χ3v) is 4.15. The molecule has 120 valence electrons. The standard InChI is InChI=1S/C17H18N2O4/c1-22-16(20)13-12-5-3-4-10-19(12)15(14(13)17(21)23-2)11-6-8-18-9-7-11/h6-9H,3-5,10H2,1-2H3. The number of ether oxygens (including phenoxy) is 2. The number of aromatic nitrogens is 2. The number of esters is 2. The normalized spacial score (nSPS) is 13.3. The van der Waals surface area contributed by atoms with E-state index in [2.05, 4.69) is 4.98 Å². The molecule has 0 N–H and O–H groups in total. The predicted octanol–water partition coefficient (Wildman–Crippen LogP) is 2.46. The van der Waals surface area contributed by atoms with Crippen molar-refractivity contribution in [2.45, 2.75) is 25.8 Å². The van der Waals surface area contributed by atoms with Crippen LogP contribution in [0.5, 0.6) is 0 Å². The molecule has 0 aromatic carbocycles. The number of rotatable bonds is 3. The van der Waals surface area contributed by atoms with Crippen LogP contribution in [0.15, 0.2) is 24.5 Å². The molecule has 0 atom stereocenters. The second-order valence-corrected chi connectivity index (χ2v) is 5.37. The van der Waals surface area contributed by atoms with Crippen molar-refractivity contribution in [2.24, 2.45) is 0 Å². The number of carbonyl (C=O) groups excluding carboxylic acids is 2. The van der Waals surface area contributed by atoms with Crippen molar-refractivity contribution in [3.63, 3.8) is 0 Å². The van der Waals surface area contributed by atoms with Crippen LogP contribution in [-0.4, -0.2) is 35.7 Å². The topological polar surface area (TPSA) is 70.4 Å². The fourth-order valence-electron chi connectivity index (χ4n) is 3.17. The monoisotopic (exact) mass is 314 g/mol. The van der Waals surface area contributed by atoms with E-state index < -0.39 is 11.9 Å². The van der Waals surface area contributed by atoms with Gasteiger partial charge in [0.2, 0.25) is 0 Å². The van der Waals surface area contributed by atoms with E-state index >= 15 is 0 Å². The summed E-state index contributed by atoms with van der Waals surface area (Å²) in [5, 5.41) is 0. The van der Waals surface area contributed by atoms with Gasteiger partial charge in [-0.1, -0.05) is 0 Å². The third-order valence-electron chi connectivity index (χ3n) is 4.15. The third kappa shape index (κ3) is 2.50. The number of carbonyl (C=O) groups is 2. The van der Waals surface area contributed by atoms with E-state index in [1.807, 2.05) is 16.7 Å². The van der Waals surface area contributed by atoms with Crippen LogP contribution in [0.1, 0.15) is 39.3 Å². The maximum atomic E-state index is 12.4. The Hall–Kier alpha value is -2.63. The molecule has 2 aromatic heterocycles. The van der Waals surface area contributed by atoms with E-state index in [-0.39, 0.29) is 5.56 Å². The summed E-state index contributed by atoms with van der Waals surface area (Å²) in [4.78, 5) is 28.7. The van der Waals surface area contributed by atoms with Crippen LogP contribution in [0.25, 0.3) is 11.3 Å². The molecule has 0 saturated carbocycles. The van der Waals surface area contributed by atoms with Gasteiger partial charge in [-0.25, -0.2) is 9.59 Å². The zero-order valence-electron chi connectivity index (χ0n) is 13.2. The van der Waals surface area contributed by atoms with Crippen molar-refractivity contribution in [3.8, 4) is 11.3 Å². The zero-order valence-corrected chi connectivity index (χ0v) is 13.2. The first-order valence-electron chi connectivity index (χ1n) is 7.51. The smallest absolute Gasteiger partial charge is 0.340 e. The van der Waals surface area contributed by atoms with E-state index in [4.69, 9.17) is 9.47 Å². The average molecular weight is 314 g/mol. The van der Waals surface area contributed by atoms with Crippen LogP contribution >= 0.6 is 0 Å². The van der Waals surface area contributed by atoms with Crippen molar-refractivity contribution >= 4 is 11.9 Å². The number of nitrogens with zero attached hydrogens (tertiary/aromatic N) is 2. The molecule has 3 heterocycles. The molecule has 0 unspecified atom stereocenters. The lowest BCUT2D eigenvalue weighted by molar-refractivity contribution is 0.0556. The average Bonchev–Trinajstić information content (AvgIpc) is 2.96. The quantitative estimate of drug-likeness (QED) is 0.814.